The number of carbonyl (C=O) groups excluding carboxylic acids is 2. The zero-order chi connectivity index (χ0) is 25.9. The van der Waals surface area contributed by atoms with Crippen molar-refractivity contribution < 1.29 is 9.59 Å². The molecule has 0 spiro atoms. The molecule has 196 valence electrons. The largest absolute Gasteiger partial charge is 0.371 e. The summed E-state index contributed by atoms with van der Waals surface area (Å²) < 4.78 is 0. The fourth-order valence-corrected chi connectivity index (χ4v) is 5.02. The third-order valence-electron chi connectivity index (χ3n) is 6.97. The molecule has 0 bridgehead atoms. The van der Waals surface area contributed by atoms with Crippen LogP contribution in [-0.4, -0.2) is 63.0 Å². The van der Waals surface area contributed by atoms with Gasteiger partial charge in [-0.1, -0.05) is 38.5 Å². The first-order chi connectivity index (χ1) is 17.5. The minimum atomic E-state index is -0.0631. The van der Waals surface area contributed by atoms with Gasteiger partial charge in [-0.25, -0.2) is 0 Å². The van der Waals surface area contributed by atoms with Gasteiger partial charge in [-0.05, 0) is 89.5 Å². The van der Waals surface area contributed by atoms with Gasteiger partial charge in [0.15, 0.2) is 0 Å². The highest BCUT2D eigenvalue weighted by Crippen LogP contribution is 2.31. The normalized spacial score (nSPS) is 14.5. The van der Waals surface area contributed by atoms with Gasteiger partial charge in [0.1, 0.15) is 0 Å². The molecule has 1 heterocycles. The smallest absolute Gasteiger partial charge is 0.258 e. The predicted octanol–water partition coefficient (Wildman–Crippen LogP) is 5.58. The number of amides is 2. The van der Waals surface area contributed by atoms with Crippen molar-refractivity contribution >= 4 is 23.2 Å². The van der Waals surface area contributed by atoms with Crippen LogP contribution >= 0.6 is 0 Å². The van der Waals surface area contributed by atoms with Gasteiger partial charge in [0.2, 0.25) is 0 Å². The van der Waals surface area contributed by atoms with Crippen LogP contribution in [0.3, 0.4) is 0 Å². The first kappa shape index (κ1) is 27.7. The van der Waals surface area contributed by atoms with Crippen LogP contribution in [0, 0.1) is 0 Å². The maximum absolute atomic E-state index is 13.8. The summed E-state index contributed by atoms with van der Waals surface area (Å²) in [6.45, 7) is 7.75. The fourth-order valence-electron chi connectivity index (χ4n) is 5.02. The van der Waals surface area contributed by atoms with Crippen LogP contribution in [0.4, 0.5) is 11.4 Å². The number of rotatable bonds is 12. The van der Waals surface area contributed by atoms with Gasteiger partial charge in [0.25, 0.3) is 11.8 Å². The average Bonchev–Trinajstić information content (AvgIpc) is 2.91. The van der Waals surface area contributed by atoms with Crippen molar-refractivity contribution in [1.29, 1.82) is 0 Å². The number of carbonyl (C=O) groups is 2. The Kier molecular flexibility index (Phi) is 10.8. The van der Waals surface area contributed by atoms with E-state index in [4.69, 9.17) is 0 Å². The number of hydrogen-bond acceptors (Lipinski definition) is 4. The van der Waals surface area contributed by atoms with Gasteiger partial charge in [0, 0.05) is 42.6 Å². The first-order valence-corrected chi connectivity index (χ1v) is 13.7. The molecule has 2 amide bonds. The number of benzene rings is 2. The molecular formula is C30H44N4O2. The van der Waals surface area contributed by atoms with Crippen LogP contribution in [0.2, 0.25) is 0 Å². The number of anilines is 2. The summed E-state index contributed by atoms with van der Waals surface area (Å²) in [5.74, 6) is -0.0780. The molecule has 1 atom stereocenters. The Morgan fingerprint density at radius 3 is 2.36 bits per heavy atom. The van der Waals surface area contributed by atoms with Gasteiger partial charge in [-0.2, -0.15) is 0 Å². The minimum Gasteiger partial charge on any atom is -0.371 e. The summed E-state index contributed by atoms with van der Waals surface area (Å²) in [6.07, 6.45) is 7.15. The van der Waals surface area contributed by atoms with E-state index in [0.29, 0.717) is 17.7 Å². The number of nitrogens with zero attached hydrogens (tertiary/aromatic N) is 3. The Balaban J connectivity index is 1.99. The lowest BCUT2D eigenvalue weighted by molar-refractivity contribution is 0.0948. The maximum Gasteiger partial charge on any atom is 0.258 e. The van der Waals surface area contributed by atoms with Gasteiger partial charge in [0.05, 0.1) is 5.56 Å². The average molecular weight is 493 g/mol. The second-order valence-corrected chi connectivity index (χ2v) is 10.1. The van der Waals surface area contributed by atoms with E-state index in [1.54, 1.807) is 0 Å². The molecule has 0 aliphatic carbocycles. The zero-order valence-corrected chi connectivity index (χ0v) is 22.6. The highest BCUT2D eigenvalue weighted by atomic mass is 16.2. The summed E-state index contributed by atoms with van der Waals surface area (Å²) in [5.41, 5.74) is 3.10. The summed E-state index contributed by atoms with van der Waals surface area (Å²) in [5, 5.41) is 3.13. The Morgan fingerprint density at radius 1 is 1.00 bits per heavy atom. The molecule has 1 saturated heterocycles. The Morgan fingerprint density at radius 2 is 1.72 bits per heavy atom. The topological polar surface area (TPSA) is 55.9 Å². The van der Waals surface area contributed by atoms with E-state index in [-0.39, 0.29) is 17.9 Å². The molecule has 1 aliphatic heterocycles. The molecule has 6 heteroatoms. The SMILES string of the molecule is CCCC(CC)N(C(=O)c1ccccc1)c1ccc(N2CCCCC2)c(C(=O)NCCCN(C)C)c1. The molecule has 2 aromatic carbocycles. The van der Waals surface area contributed by atoms with Crippen molar-refractivity contribution in [2.24, 2.45) is 0 Å². The van der Waals surface area contributed by atoms with Gasteiger partial charge in [-0.15, -0.1) is 0 Å². The summed E-state index contributed by atoms with van der Waals surface area (Å²) in [6, 6.07) is 15.6. The Bertz CT molecular complexity index is 970. The third kappa shape index (κ3) is 7.33. The van der Waals surface area contributed by atoms with E-state index in [2.05, 4.69) is 35.0 Å². The number of hydrogen-bond donors (Lipinski definition) is 1. The summed E-state index contributed by atoms with van der Waals surface area (Å²) >= 11 is 0. The van der Waals surface area contributed by atoms with E-state index in [9.17, 15) is 9.59 Å². The van der Waals surface area contributed by atoms with E-state index < -0.39 is 0 Å². The lowest BCUT2D eigenvalue weighted by Gasteiger charge is -2.34. The summed E-state index contributed by atoms with van der Waals surface area (Å²) in [7, 11) is 4.08. The molecule has 1 N–H and O–H groups in total. The molecule has 1 fully saturated rings. The van der Waals surface area contributed by atoms with E-state index in [0.717, 1.165) is 69.5 Å². The molecule has 2 aromatic rings. The van der Waals surface area contributed by atoms with Crippen molar-refractivity contribution in [1.82, 2.24) is 10.2 Å². The highest BCUT2D eigenvalue weighted by Gasteiger charge is 2.27. The molecule has 0 radical (unpaired) electrons. The van der Waals surface area contributed by atoms with Crippen LogP contribution < -0.4 is 15.1 Å². The minimum absolute atomic E-state index is 0.0148. The molecule has 36 heavy (non-hydrogen) atoms. The molecule has 1 unspecified atom stereocenters. The Labute approximate surface area is 217 Å². The van der Waals surface area contributed by atoms with Crippen molar-refractivity contribution in [2.75, 3.05) is 50.1 Å². The van der Waals surface area contributed by atoms with Crippen LogP contribution in [0.25, 0.3) is 0 Å². The Hall–Kier alpha value is -2.86. The number of piperidine rings is 1. The number of nitrogens with one attached hydrogen (secondary N) is 1. The quantitative estimate of drug-likeness (QED) is 0.393. The molecule has 6 nitrogen and oxygen atoms in total. The molecule has 1 aliphatic rings. The molecule has 3 rings (SSSR count). The standard InChI is InChI=1S/C30H44N4O2/c1-5-14-25(6-2)34(30(36)24-15-9-7-10-16-24)26-17-18-28(33-21-11-8-12-22-33)27(23-26)29(35)31-19-13-20-32(3)4/h7,9-10,15-18,23,25H,5-6,8,11-14,19-22H2,1-4H3,(H,31,35). The maximum atomic E-state index is 13.8. The second-order valence-electron chi connectivity index (χ2n) is 10.1. The van der Waals surface area contributed by atoms with Crippen LogP contribution in [0.5, 0.6) is 0 Å². The molecule has 0 aromatic heterocycles. The zero-order valence-electron chi connectivity index (χ0n) is 22.6. The van der Waals surface area contributed by atoms with Crippen LogP contribution in [0.1, 0.15) is 79.5 Å². The summed E-state index contributed by atoms with van der Waals surface area (Å²) in [4.78, 5) is 33.6. The third-order valence-corrected chi connectivity index (χ3v) is 6.97. The molecular weight excluding hydrogens is 448 g/mol. The van der Waals surface area contributed by atoms with E-state index in [1.807, 2.05) is 61.5 Å². The van der Waals surface area contributed by atoms with Crippen molar-refractivity contribution in [2.45, 2.75) is 64.8 Å². The van der Waals surface area contributed by atoms with Gasteiger partial charge < -0.3 is 20.0 Å². The van der Waals surface area contributed by atoms with Crippen molar-refractivity contribution in [3.8, 4) is 0 Å². The second kappa shape index (κ2) is 14.0. The molecule has 0 saturated carbocycles. The lowest BCUT2D eigenvalue weighted by atomic mass is 10.0. The van der Waals surface area contributed by atoms with Gasteiger partial charge >= 0.3 is 0 Å². The van der Waals surface area contributed by atoms with E-state index >= 15 is 0 Å². The lowest BCUT2D eigenvalue weighted by Crippen LogP contribution is -2.41. The first-order valence-electron chi connectivity index (χ1n) is 13.7. The van der Waals surface area contributed by atoms with Crippen LogP contribution in [-0.2, 0) is 0 Å². The van der Waals surface area contributed by atoms with Crippen molar-refractivity contribution in [3.05, 3.63) is 59.7 Å². The fraction of sp³-hybridized carbons (Fsp3) is 0.533. The highest BCUT2D eigenvalue weighted by molar-refractivity contribution is 6.08. The van der Waals surface area contributed by atoms with Crippen molar-refractivity contribution in [3.63, 3.8) is 0 Å². The van der Waals surface area contributed by atoms with Gasteiger partial charge in [-0.3, -0.25) is 9.59 Å². The van der Waals surface area contributed by atoms with E-state index in [1.165, 1.54) is 6.42 Å². The predicted molar refractivity (Wildman–Crippen MR) is 150 cm³/mol. The monoisotopic (exact) mass is 492 g/mol. The van der Waals surface area contributed by atoms with Crippen LogP contribution in [0.15, 0.2) is 48.5 Å².